The molecule has 0 spiro atoms. The molecule has 0 saturated heterocycles. The van der Waals surface area contributed by atoms with Crippen LogP contribution in [0.3, 0.4) is 0 Å². The predicted molar refractivity (Wildman–Crippen MR) is 107 cm³/mol. The number of hydrogen-bond acceptors (Lipinski definition) is 6. The Balaban J connectivity index is 2.15. The number of halogens is 2. The van der Waals surface area contributed by atoms with Crippen LogP contribution in [0.1, 0.15) is 31.2 Å². The molecule has 0 bridgehead atoms. The lowest BCUT2D eigenvalue weighted by molar-refractivity contribution is 0.0594. The molecular formula is C20H13Cl2N3O4. The van der Waals surface area contributed by atoms with Gasteiger partial charge in [-0.25, -0.2) is 19.7 Å². The Hall–Kier alpha value is -3.29. The zero-order valence-electron chi connectivity index (χ0n) is 15.0. The van der Waals surface area contributed by atoms with E-state index in [0.29, 0.717) is 10.0 Å². The van der Waals surface area contributed by atoms with Crippen LogP contribution in [0.25, 0.3) is 0 Å². The Morgan fingerprint density at radius 1 is 0.793 bits per heavy atom. The third-order valence-corrected chi connectivity index (χ3v) is 4.36. The Bertz CT molecular complexity index is 1010. The monoisotopic (exact) mass is 429 g/mol. The van der Waals surface area contributed by atoms with Crippen LogP contribution in [0.5, 0.6) is 0 Å². The molecule has 0 aliphatic rings. The predicted octanol–water partition coefficient (Wildman–Crippen LogP) is 4.06. The number of aromatic nitrogens is 2. The zero-order chi connectivity index (χ0) is 21.0. The van der Waals surface area contributed by atoms with E-state index in [-0.39, 0.29) is 22.6 Å². The molecule has 0 radical (unpaired) electrons. The van der Waals surface area contributed by atoms with E-state index in [1.165, 1.54) is 60.9 Å². The van der Waals surface area contributed by atoms with Crippen LogP contribution in [0.4, 0.5) is 5.82 Å². The Morgan fingerprint density at radius 3 is 1.69 bits per heavy atom. The Labute approximate surface area is 175 Å². The topological polar surface area (TPSA) is 89.5 Å². The van der Waals surface area contributed by atoms with Gasteiger partial charge in [0.05, 0.1) is 7.11 Å². The van der Waals surface area contributed by atoms with Crippen LogP contribution in [-0.2, 0) is 4.74 Å². The minimum atomic E-state index is -0.842. The highest BCUT2D eigenvalue weighted by Gasteiger charge is 2.32. The number of hydrogen-bond donors (Lipinski definition) is 0. The summed E-state index contributed by atoms with van der Waals surface area (Å²) < 4.78 is 4.70. The average Bonchev–Trinajstić information content (AvgIpc) is 2.74. The summed E-state index contributed by atoms with van der Waals surface area (Å²) in [5.74, 6) is -2.52. The second-order valence-electron chi connectivity index (χ2n) is 5.68. The van der Waals surface area contributed by atoms with E-state index in [2.05, 4.69) is 9.97 Å². The fourth-order valence-corrected chi connectivity index (χ4v) is 2.71. The first-order chi connectivity index (χ1) is 13.9. The van der Waals surface area contributed by atoms with Gasteiger partial charge < -0.3 is 4.74 Å². The highest BCUT2D eigenvalue weighted by Crippen LogP contribution is 2.23. The molecule has 9 heteroatoms. The van der Waals surface area contributed by atoms with E-state index in [0.717, 1.165) is 12.0 Å². The van der Waals surface area contributed by atoms with E-state index >= 15 is 0 Å². The van der Waals surface area contributed by atoms with Gasteiger partial charge in [0.1, 0.15) is 0 Å². The molecule has 1 heterocycles. The molecule has 1 aromatic heterocycles. The fraction of sp³-hybridized carbons (Fsp3) is 0.0500. The van der Waals surface area contributed by atoms with E-state index in [1.54, 1.807) is 0 Å². The average molecular weight is 430 g/mol. The second-order valence-corrected chi connectivity index (χ2v) is 6.55. The van der Waals surface area contributed by atoms with Gasteiger partial charge in [-0.05, 0) is 48.5 Å². The first-order valence-corrected chi connectivity index (χ1v) is 8.97. The van der Waals surface area contributed by atoms with Crippen LogP contribution in [0.15, 0.2) is 60.9 Å². The molecular weight excluding hydrogens is 417 g/mol. The summed E-state index contributed by atoms with van der Waals surface area (Å²) in [5, 5.41) is 0.846. The Kier molecular flexibility index (Phi) is 6.21. The summed E-state index contributed by atoms with van der Waals surface area (Å²) in [6.07, 6.45) is 2.52. The number of esters is 1. The van der Waals surface area contributed by atoms with Gasteiger partial charge in [0.2, 0.25) is 0 Å². The van der Waals surface area contributed by atoms with Gasteiger partial charge >= 0.3 is 5.97 Å². The van der Waals surface area contributed by atoms with Gasteiger partial charge in [0.15, 0.2) is 11.5 Å². The molecule has 3 rings (SSSR count). The van der Waals surface area contributed by atoms with E-state index in [1.807, 2.05) is 0 Å². The van der Waals surface area contributed by atoms with Crippen molar-refractivity contribution in [3.8, 4) is 0 Å². The van der Waals surface area contributed by atoms with Crippen LogP contribution in [0, 0.1) is 0 Å². The van der Waals surface area contributed by atoms with Crippen molar-refractivity contribution in [2.24, 2.45) is 0 Å². The van der Waals surface area contributed by atoms with Crippen LogP contribution < -0.4 is 4.90 Å². The molecule has 0 aliphatic carbocycles. The standard InChI is InChI=1S/C20H13Cl2N3O4/c1-29-20(28)16-17(24-11-10-23-16)25(18(26)12-2-6-14(21)7-3-12)19(27)13-4-8-15(22)9-5-13/h2-11H,1H3. The molecule has 0 saturated carbocycles. The van der Waals surface area contributed by atoms with Gasteiger partial charge in [-0.2, -0.15) is 0 Å². The third-order valence-electron chi connectivity index (χ3n) is 3.86. The molecule has 29 heavy (non-hydrogen) atoms. The highest BCUT2D eigenvalue weighted by atomic mass is 35.5. The fourth-order valence-electron chi connectivity index (χ4n) is 2.46. The number of amides is 2. The summed E-state index contributed by atoms with van der Waals surface area (Å²) >= 11 is 11.8. The molecule has 0 aliphatic heterocycles. The van der Waals surface area contributed by atoms with Crippen molar-refractivity contribution in [3.05, 3.63) is 87.8 Å². The highest BCUT2D eigenvalue weighted by molar-refractivity contribution is 6.31. The Morgan fingerprint density at radius 2 is 1.24 bits per heavy atom. The number of ether oxygens (including phenoxy) is 1. The van der Waals surface area contributed by atoms with Crippen molar-refractivity contribution in [1.82, 2.24) is 9.97 Å². The van der Waals surface area contributed by atoms with Gasteiger partial charge in [-0.15, -0.1) is 0 Å². The molecule has 0 atom stereocenters. The number of carbonyl (C=O) groups is 3. The summed E-state index contributed by atoms with van der Waals surface area (Å²) in [4.78, 5) is 47.3. The smallest absolute Gasteiger partial charge is 0.360 e. The summed E-state index contributed by atoms with van der Waals surface area (Å²) in [6.45, 7) is 0. The van der Waals surface area contributed by atoms with E-state index < -0.39 is 17.8 Å². The molecule has 3 aromatic rings. The van der Waals surface area contributed by atoms with Gasteiger partial charge in [0.25, 0.3) is 11.8 Å². The third kappa shape index (κ3) is 4.42. The molecule has 146 valence electrons. The zero-order valence-corrected chi connectivity index (χ0v) is 16.5. The van der Waals surface area contributed by atoms with E-state index in [9.17, 15) is 14.4 Å². The number of imide groups is 1. The van der Waals surface area contributed by atoms with Crippen LogP contribution >= 0.6 is 23.2 Å². The minimum Gasteiger partial charge on any atom is -0.464 e. The number of methoxy groups -OCH3 is 1. The summed E-state index contributed by atoms with van der Waals surface area (Å²) in [6, 6.07) is 11.9. The van der Waals surface area contributed by atoms with Crippen molar-refractivity contribution in [2.75, 3.05) is 12.0 Å². The van der Waals surface area contributed by atoms with Crippen molar-refractivity contribution in [3.63, 3.8) is 0 Å². The van der Waals surface area contributed by atoms with Crippen molar-refractivity contribution < 1.29 is 19.1 Å². The van der Waals surface area contributed by atoms with Crippen molar-refractivity contribution in [2.45, 2.75) is 0 Å². The number of rotatable bonds is 4. The first kappa shape index (κ1) is 20.4. The summed E-state index contributed by atoms with van der Waals surface area (Å²) in [7, 11) is 1.16. The quantitative estimate of drug-likeness (QED) is 0.458. The molecule has 0 unspecified atom stereocenters. The lowest BCUT2D eigenvalue weighted by atomic mass is 10.1. The largest absolute Gasteiger partial charge is 0.464 e. The number of carbonyl (C=O) groups excluding carboxylic acids is 3. The molecule has 7 nitrogen and oxygen atoms in total. The maximum Gasteiger partial charge on any atom is 0.360 e. The second kappa shape index (κ2) is 8.81. The normalized spacial score (nSPS) is 10.3. The van der Waals surface area contributed by atoms with Gasteiger partial charge in [-0.3, -0.25) is 9.59 Å². The number of nitrogens with zero attached hydrogens (tertiary/aromatic N) is 3. The lowest BCUT2D eigenvalue weighted by Crippen LogP contribution is -2.39. The number of benzene rings is 2. The van der Waals surface area contributed by atoms with Crippen LogP contribution in [0.2, 0.25) is 10.0 Å². The minimum absolute atomic E-state index is 0.165. The first-order valence-electron chi connectivity index (χ1n) is 8.21. The molecule has 0 N–H and O–H groups in total. The van der Waals surface area contributed by atoms with E-state index in [4.69, 9.17) is 27.9 Å². The van der Waals surface area contributed by atoms with Gasteiger partial charge in [-0.1, -0.05) is 23.2 Å². The summed E-state index contributed by atoms with van der Waals surface area (Å²) in [5.41, 5.74) is 0.0518. The van der Waals surface area contributed by atoms with Crippen molar-refractivity contribution >= 4 is 46.8 Å². The maximum atomic E-state index is 13.2. The van der Waals surface area contributed by atoms with Crippen LogP contribution in [-0.4, -0.2) is 34.9 Å². The van der Waals surface area contributed by atoms with Crippen molar-refractivity contribution in [1.29, 1.82) is 0 Å². The lowest BCUT2D eigenvalue weighted by Gasteiger charge is -2.21. The molecule has 2 aromatic carbocycles. The maximum absolute atomic E-state index is 13.2. The SMILES string of the molecule is COC(=O)c1nccnc1N(C(=O)c1ccc(Cl)cc1)C(=O)c1ccc(Cl)cc1. The molecule has 0 fully saturated rings. The molecule has 2 amide bonds. The number of anilines is 1. The van der Waals surface area contributed by atoms with Gasteiger partial charge in [0, 0.05) is 33.6 Å².